The van der Waals surface area contributed by atoms with Crippen molar-refractivity contribution in [1.29, 1.82) is 0 Å². The molecule has 1 rings (SSSR count). The summed E-state index contributed by atoms with van der Waals surface area (Å²) in [5, 5.41) is 3.17. The van der Waals surface area contributed by atoms with Crippen LogP contribution >= 0.6 is 0 Å². The van der Waals surface area contributed by atoms with Gasteiger partial charge in [0.15, 0.2) is 0 Å². The first kappa shape index (κ1) is 8.01. The van der Waals surface area contributed by atoms with E-state index in [1.165, 1.54) is 0 Å². The van der Waals surface area contributed by atoms with E-state index in [0.717, 1.165) is 18.8 Å². The van der Waals surface area contributed by atoms with Crippen molar-refractivity contribution in [3.05, 3.63) is 30.9 Å². The summed E-state index contributed by atoms with van der Waals surface area (Å²) in [5.74, 6) is 0. The monoisotopic (exact) mass is 151 g/mol. The summed E-state index contributed by atoms with van der Waals surface area (Å²) in [4.78, 5) is 4.15. The zero-order valence-electron chi connectivity index (χ0n) is 6.75. The lowest BCUT2D eigenvalue weighted by molar-refractivity contribution is 0.744. The molecule has 0 fully saturated rings. The highest BCUT2D eigenvalue weighted by molar-refractivity contribution is 4.95. The van der Waals surface area contributed by atoms with Crippen LogP contribution in [0, 0.1) is 0 Å². The van der Waals surface area contributed by atoms with Crippen LogP contribution in [-0.4, -0.2) is 16.1 Å². The van der Waals surface area contributed by atoms with Gasteiger partial charge in [-0.1, -0.05) is 6.08 Å². The molecule has 0 radical (unpaired) electrons. The summed E-state index contributed by atoms with van der Waals surface area (Å²) in [7, 11) is 1.96. The van der Waals surface area contributed by atoms with Crippen LogP contribution in [0.4, 0.5) is 0 Å². The lowest BCUT2D eigenvalue weighted by atomic mass is 10.4. The fraction of sp³-hybridized carbons (Fsp3) is 0.375. The topological polar surface area (TPSA) is 29.9 Å². The first-order valence-electron chi connectivity index (χ1n) is 3.61. The molecule has 0 aromatic carbocycles. The Bertz CT molecular complexity index is 227. The Morgan fingerprint density at radius 1 is 1.82 bits per heavy atom. The van der Waals surface area contributed by atoms with E-state index in [9.17, 15) is 0 Å². The van der Waals surface area contributed by atoms with E-state index < -0.39 is 0 Å². The van der Waals surface area contributed by atoms with Crippen molar-refractivity contribution in [2.45, 2.75) is 6.54 Å². The molecule has 0 saturated carbocycles. The number of hydrogen-bond acceptors (Lipinski definition) is 2. The lowest BCUT2D eigenvalue weighted by Gasteiger charge is -1.95. The molecule has 1 heterocycles. The van der Waals surface area contributed by atoms with E-state index in [2.05, 4.69) is 16.9 Å². The lowest BCUT2D eigenvalue weighted by Crippen LogP contribution is -2.12. The number of nitrogens with one attached hydrogen (secondary N) is 1. The van der Waals surface area contributed by atoms with E-state index >= 15 is 0 Å². The SMILES string of the molecule is C=CCNCc1cn(C)cn1. The molecule has 3 heteroatoms. The van der Waals surface area contributed by atoms with Crippen molar-refractivity contribution in [2.75, 3.05) is 6.54 Å². The van der Waals surface area contributed by atoms with Gasteiger partial charge in [0.1, 0.15) is 0 Å². The van der Waals surface area contributed by atoms with Crippen LogP contribution in [0.25, 0.3) is 0 Å². The van der Waals surface area contributed by atoms with Crippen molar-refractivity contribution < 1.29 is 0 Å². The molecule has 0 aliphatic heterocycles. The van der Waals surface area contributed by atoms with Gasteiger partial charge in [0.05, 0.1) is 12.0 Å². The standard InChI is InChI=1S/C8H13N3/c1-3-4-9-5-8-6-11(2)7-10-8/h3,6-7,9H,1,4-5H2,2H3. The minimum atomic E-state index is 0.812. The molecule has 0 aliphatic rings. The first-order valence-corrected chi connectivity index (χ1v) is 3.61. The number of nitrogens with zero attached hydrogens (tertiary/aromatic N) is 2. The van der Waals surface area contributed by atoms with Gasteiger partial charge < -0.3 is 9.88 Å². The van der Waals surface area contributed by atoms with Crippen molar-refractivity contribution in [3.63, 3.8) is 0 Å². The molecule has 0 unspecified atom stereocenters. The van der Waals surface area contributed by atoms with Gasteiger partial charge in [0, 0.05) is 26.3 Å². The van der Waals surface area contributed by atoms with E-state index in [4.69, 9.17) is 0 Å². The fourth-order valence-electron chi connectivity index (χ4n) is 0.861. The summed E-state index contributed by atoms with van der Waals surface area (Å²) in [6, 6.07) is 0. The fourth-order valence-corrected chi connectivity index (χ4v) is 0.861. The molecule has 0 saturated heterocycles. The number of hydrogen-bond donors (Lipinski definition) is 1. The molecule has 1 aromatic heterocycles. The summed E-state index contributed by atoms with van der Waals surface area (Å²) in [5.41, 5.74) is 1.06. The highest BCUT2D eigenvalue weighted by Gasteiger charge is 1.92. The zero-order chi connectivity index (χ0) is 8.10. The van der Waals surface area contributed by atoms with Crippen LogP contribution < -0.4 is 5.32 Å². The van der Waals surface area contributed by atoms with Gasteiger partial charge in [-0.3, -0.25) is 0 Å². The molecule has 0 spiro atoms. The summed E-state index contributed by atoms with van der Waals surface area (Å²) >= 11 is 0. The average Bonchev–Trinajstić information content (AvgIpc) is 2.37. The largest absolute Gasteiger partial charge is 0.340 e. The van der Waals surface area contributed by atoms with Crippen molar-refractivity contribution in [1.82, 2.24) is 14.9 Å². The van der Waals surface area contributed by atoms with Gasteiger partial charge >= 0.3 is 0 Å². The molecule has 0 atom stereocenters. The van der Waals surface area contributed by atoms with Gasteiger partial charge in [-0.15, -0.1) is 6.58 Å². The van der Waals surface area contributed by atoms with Crippen LogP contribution in [-0.2, 0) is 13.6 Å². The van der Waals surface area contributed by atoms with Crippen molar-refractivity contribution in [2.24, 2.45) is 7.05 Å². The summed E-state index contributed by atoms with van der Waals surface area (Å²) < 4.78 is 1.94. The Balaban J connectivity index is 2.32. The highest BCUT2D eigenvalue weighted by atomic mass is 15.0. The molecule has 0 aliphatic carbocycles. The van der Waals surface area contributed by atoms with Gasteiger partial charge in [0.2, 0.25) is 0 Å². The minimum Gasteiger partial charge on any atom is -0.340 e. The van der Waals surface area contributed by atoms with Crippen LogP contribution in [0.15, 0.2) is 25.2 Å². The van der Waals surface area contributed by atoms with Gasteiger partial charge in [0.25, 0.3) is 0 Å². The van der Waals surface area contributed by atoms with Crippen LogP contribution in [0.5, 0.6) is 0 Å². The molecular formula is C8H13N3. The molecule has 0 bridgehead atoms. The number of imidazole rings is 1. The smallest absolute Gasteiger partial charge is 0.0947 e. The predicted octanol–water partition coefficient (Wildman–Crippen LogP) is 0.696. The van der Waals surface area contributed by atoms with Crippen molar-refractivity contribution in [3.8, 4) is 0 Å². The Labute approximate surface area is 66.8 Å². The molecule has 0 amide bonds. The van der Waals surface area contributed by atoms with E-state index in [0.29, 0.717) is 0 Å². The molecule has 1 aromatic rings. The van der Waals surface area contributed by atoms with Gasteiger partial charge in [-0.25, -0.2) is 4.98 Å². The highest BCUT2D eigenvalue weighted by Crippen LogP contribution is 1.91. The quantitative estimate of drug-likeness (QED) is 0.507. The third kappa shape index (κ3) is 2.55. The van der Waals surface area contributed by atoms with Gasteiger partial charge in [-0.05, 0) is 0 Å². The Hall–Kier alpha value is -1.09. The molecule has 1 N–H and O–H groups in total. The maximum absolute atomic E-state index is 4.15. The summed E-state index contributed by atoms with van der Waals surface area (Å²) in [6.07, 6.45) is 5.63. The minimum absolute atomic E-state index is 0.812. The number of rotatable bonds is 4. The number of aromatic nitrogens is 2. The predicted molar refractivity (Wildman–Crippen MR) is 45.1 cm³/mol. The maximum atomic E-state index is 4.15. The molecule has 11 heavy (non-hydrogen) atoms. The maximum Gasteiger partial charge on any atom is 0.0947 e. The Morgan fingerprint density at radius 3 is 3.18 bits per heavy atom. The molecule has 60 valence electrons. The zero-order valence-corrected chi connectivity index (χ0v) is 6.75. The second kappa shape index (κ2) is 3.93. The average molecular weight is 151 g/mol. The Kier molecular flexibility index (Phi) is 2.86. The molecular weight excluding hydrogens is 138 g/mol. The van der Waals surface area contributed by atoms with E-state index in [1.807, 2.05) is 23.9 Å². The van der Waals surface area contributed by atoms with Gasteiger partial charge in [-0.2, -0.15) is 0 Å². The Morgan fingerprint density at radius 2 is 2.64 bits per heavy atom. The first-order chi connectivity index (χ1) is 5.33. The van der Waals surface area contributed by atoms with Crippen molar-refractivity contribution >= 4 is 0 Å². The van der Waals surface area contributed by atoms with E-state index in [-0.39, 0.29) is 0 Å². The van der Waals surface area contributed by atoms with Crippen LogP contribution in [0.3, 0.4) is 0 Å². The van der Waals surface area contributed by atoms with Crippen LogP contribution in [0.2, 0.25) is 0 Å². The normalized spacial score (nSPS) is 9.91. The number of aryl methyl sites for hydroxylation is 1. The summed E-state index contributed by atoms with van der Waals surface area (Å²) in [6.45, 7) is 5.25. The molecule has 3 nitrogen and oxygen atoms in total. The third-order valence-electron chi connectivity index (χ3n) is 1.35. The third-order valence-corrected chi connectivity index (χ3v) is 1.35. The van der Waals surface area contributed by atoms with Crippen LogP contribution in [0.1, 0.15) is 5.69 Å². The second-order valence-corrected chi connectivity index (χ2v) is 2.45. The van der Waals surface area contributed by atoms with E-state index in [1.54, 1.807) is 6.33 Å². The second-order valence-electron chi connectivity index (χ2n) is 2.45.